The van der Waals surface area contributed by atoms with Gasteiger partial charge in [0.2, 0.25) is 0 Å². The molecule has 21 heavy (non-hydrogen) atoms. The molecule has 1 atom stereocenters. The van der Waals surface area contributed by atoms with E-state index in [1.807, 2.05) is 12.4 Å². The first-order valence-corrected chi connectivity index (χ1v) is 7.77. The van der Waals surface area contributed by atoms with Crippen LogP contribution in [0.2, 0.25) is 0 Å². The minimum atomic E-state index is -0.123. The molecule has 0 aromatic carbocycles. The summed E-state index contributed by atoms with van der Waals surface area (Å²) in [4.78, 5) is 6.73. The van der Waals surface area contributed by atoms with Gasteiger partial charge in [-0.15, -0.1) is 0 Å². The smallest absolute Gasteiger partial charge is 0.0805 e. The van der Waals surface area contributed by atoms with Crippen molar-refractivity contribution in [1.82, 2.24) is 10.3 Å². The highest BCUT2D eigenvalue weighted by molar-refractivity contribution is 5.52. The molecule has 1 aliphatic heterocycles. The van der Waals surface area contributed by atoms with Gasteiger partial charge in [0.1, 0.15) is 0 Å². The van der Waals surface area contributed by atoms with Gasteiger partial charge in [0.15, 0.2) is 0 Å². The Balaban J connectivity index is 2.19. The van der Waals surface area contributed by atoms with Crippen LogP contribution in [0.4, 0.5) is 5.69 Å². The summed E-state index contributed by atoms with van der Waals surface area (Å²) in [5.74, 6) is 0. The summed E-state index contributed by atoms with van der Waals surface area (Å²) in [7, 11) is 0. The maximum absolute atomic E-state index is 6.00. The first-order chi connectivity index (χ1) is 9.66. The standard InChI is InChI=1S/C17H29N3O/c1-13-11-20(12-17(5,6)21-13)15-10-18-8-7-14(15)9-19-16(2,3)4/h7-8,10,13,19H,9,11-12H2,1-6H3. The van der Waals surface area contributed by atoms with Gasteiger partial charge >= 0.3 is 0 Å². The Morgan fingerprint density at radius 1 is 1.43 bits per heavy atom. The maximum Gasteiger partial charge on any atom is 0.0805 e. The van der Waals surface area contributed by atoms with E-state index in [1.165, 1.54) is 11.3 Å². The summed E-state index contributed by atoms with van der Waals surface area (Å²) >= 11 is 0. The lowest BCUT2D eigenvalue weighted by Crippen LogP contribution is -2.52. The van der Waals surface area contributed by atoms with Crippen molar-refractivity contribution in [3.05, 3.63) is 24.0 Å². The number of hydrogen-bond donors (Lipinski definition) is 1. The van der Waals surface area contributed by atoms with Crippen LogP contribution in [0, 0.1) is 0 Å². The van der Waals surface area contributed by atoms with Gasteiger partial charge in [-0.1, -0.05) is 0 Å². The van der Waals surface area contributed by atoms with Crippen LogP contribution in [0.5, 0.6) is 0 Å². The Morgan fingerprint density at radius 2 is 2.14 bits per heavy atom. The summed E-state index contributed by atoms with van der Waals surface area (Å²) in [5, 5.41) is 3.56. The molecule has 2 rings (SSSR count). The number of hydrogen-bond acceptors (Lipinski definition) is 4. The Labute approximate surface area is 128 Å². The monoisotopic (exact) mass is 291 g/mol. The minimum absolute atomic E-state index is 0.109. The van der Waals surface area contributed by atoms with Crippen molar-refractivity contribution >= 4 is 5.69 Å². The molecule has 0 amide bonds. The molecular formula is C17H29N3O. The molecule has 4 nitrogen and oxygen atoms in total. The number of ether oxygens (including phenoxy) is 1. The van der Waals surface area contributed by atoms with E-state index in [0.717, 1.165) is 19.6 Å². The van der Waals surface area contributed by atoms with Crippen molar-refractivity contribution < 1.29 is 4.74 Å². The molecule has 0 saturated carbocycles. The molecule has 1 N–H and O–H groups in total. The van der Waals surface area contributed by atoms with Gasteiger partial charge in [0.25, 0.3) is 0 Å². The normalized spacial score (nSPS) is 22.4. The van der Waals surface area contributed by atoms with Crippen molar-refractivity contribution in [2.75, 3.05) is 18.0 Å². The fraction of sp³-hybridized carbons (Fsp3) is 0.706. The highest BCUT2D eigenvalue weighted by Crippen LogP contribution is 2.28. The van der Waals surface area contributed by atoms with Crippen LogP contribution in [0.1, 0.15) is 47.1 Å². The largest absolute Gasteiger partial charge is 0.369 e. The Kier molecular flexibility index (Phi) is 4.59. The minimum Gasteiger partial charge on any atom is -0.369 e. The van der Waals surface area contributed by atoms with Crippen molar-refractivity contribution in [1.29, 1.82) is 0 Å². The predicted octanol–water partition coefficient (Wildman–Crippen LogP) is 2.97. The van der Waals surface area contributed by atoms with Gasteiger partial charge < -0.3 is 15.0 Å². The van der Waals surface area contributed by atoms with E-state index in [9.17, 15) is 0 Å². The van der Waals surface area contributed by atoms with Crippen LogP contribution < -0.4 is 10.2 Å². The second-order valence-electron chi connectivity index (χ2n) is 7.68. The molecule has 4 heteroatoms. The lowest BCUT2D eigenvalue weighted by Gasteiger charge is -2.43. The molecule has 1 saturated heterocycles. The third-order valence-electron chi connectivity index (χ3n) is 3.61. The third kappa shape index (κ3) is 4.68. The summed E-state index contributed by atoms with van der Waals surface area (Å²) in [6.07, 6.45) is 4.09. The van der Waals surface area contributed by atoms with E-state index < -0.39 is 0 Å². The molecule has 0 aliphatic carbocycles. The lowest BCUT2D eigenvalue weighted by molar-refractivity contribution is -0.0750. The van der Waals surface area contributed by atoms with Gasteiger partial charge in [-0.3, -0.25) is 4.98 Å². The Hall–Kier alpha value is -1.13. The molecule has 1 unspecified atom stereocenters. The maximum atomic E-state index is 6.00. The number of anilines is 1. The van der Waals surface area contributed by atoms with E-state index >= 15 is 0 Å². The molecule has 0 spiro atoms. The second kappa shape index (κ2) is 5.93. The van der Waals surface area contributed by atoms with Gasteiger partial charge in [-0.2, -0.15) is 0 Å². The average molecular weight is 291 g/mol. The number of pyridine rings is 1. The lowest BCUT2D eigenvalue weighted by atomic mass is 10.0. The molecule has 2 heterocycles. The van der Waals surface area contributed by atoms with Crippen LogP contribution in [0.15, 0.2) is 18.5 Å². The van der Waals surface area contributed by atoms with Gasteiger partial charge in [-0.25, -0.2) is 0 Å². The Morgan fingerprint density at radius 3 is 2.76 bits per heavy atom. The number of nitrogens with zero attached hydrogens (tertiary/aromatic N) is 2. The number of morpholine rings is 1. The summed E-state index contributed by atoms with van der Waals surface area (Å²) in [6.45, 7) is 15.7. The fourth-order valence-corrected chi connectivity index (χ4v) is 2.85. The SMILES string of the molecule is CC1CN(c2cnccc2CNC(C)(C)C)CC(C)(C)O1. The van der Waals surface area contributed by atoms with Gasteiger partial charge in [0.05, 0.1) is 23.6 Å². The first kappa shape index (κ1) is 16.2. The first-order valence-electron chi connectivity index (χ1n) is 7.77. The molecule has 1 aromatic heterocycles. The van der Waals surface area contributed by atoms with Crippen molar-refractivity contribution in [2.24, 2.45) is 0 Å². The summed E-state index contributed by atoms with van der Waals surface area (Å²) < 4.78 is 6.00. The average Bonchev–Trinajstić information content (AvgIpc) is 2.33. The van der Waals surface area contributed by atoms with Crippen LogP contribution in [-0.4, -0.2) is 35.3 Å². The molecule has 0 radical (unpaired) electrons. The molecule has 1 fully saturated rings. The Bertz CT molecular complexity index is 479. The summed E-state index contributed by atoms with van der Waals surface area (Å²) in [6, 6.07) is 2.11. The molecular weight excluding hydrogens is 262 g/mol. The molecule has 118 valence electrons. The molecule has 1 aromatic rings. The van der Waals surface area contributed by atoms with E-state index in [2.05, 4.69) is 62.8 Å². The third-order valence-corrected chi connectivity index (χ3v) is 3.61. The topological polar surface area (TPSA) is 37.4 Å². The van der Waals surface area contributed by atoms with Crippen LogP contribution in [-0.2, 0) is 11.3 Å². The number of rotatable bonds is 3. The van der Waals surface area contributed by atoms with E-state index in [1.54, 1.807) is 0 Å². The van der Waals surface area contributed by atoms with Crippen molar-refractivity contribution in [3.8, 4) is 0 Å². The highest BCUT2D eigenvalue weighted by atomic mass is 16.5. The predicted molar refractivity (Wildman–Crippen MR) is 87.7 cm³/mol. The van der Waals surface area contributed by atoms with Gasteiger partial charge in [0, 0.05) is 31.4 Å². The van der Waals surface area contributed by atoms with Crippen LogP contribution in [0.3, 0.4) is 0 Å². The molecule has 0 bridgehead atoms. The van der Waals surface area contributed by atoms with Crippen LogP contribution >= 0.6 is 0 Å². The van der Waals surface area contributed by atoms with Crippen molar-refractivity contribution in [3.63, 3.8) is 0 Å². The zero-order valence-corrected chi connectivity index (χ0v) is 14.2. The van der Waals surface area contributed by atoms with E-state index in [0.29, 0.717) is 0 Å². The second-order valence-corrected chi connectivity index (χ2v) is 7.68. The quantitative estimate of drug-likeness (QED) is 0.929. The van der Waals surface area contributed by atoms with Crippen molar-refractivity contribution in [2.45, 2.75) is 65.3 Å². The van der Waals surface area contributed by atoms with Crippen LogP contribution in [0.25, 0.3) is 0 Å². The van der Waals surface area contributed by atoms with E-state index in [-0.39, 0.29) is 17.2 Å². The number of aromatic nitrogens is 1. The zero-order valence-electron chi connectivity index (χ0n) is 14.2. The molecule has 1 aliphatic rings. The summed E-state index contributed by atoms with van der Waals surface area (Å²) in [5.41, 5.74) is 2.50. The van der Waals surface area contributed by atoms with E-state index in [4.69, 9.17) is 4.74 Å². The fourth-order valence-electron chi connectivity index (χ4n) is 2.85. The van der Waals surface area contributed by atoms with Gasteiger partial charge in [-0.05, 0) is 53.2 Å². The highest BCUT2D eigenvalue weighted by Gasteiger charge is 2.32. The zero-order chi connectivity index (χ0) is 15.7. The number of nitrogens with one attached hydrogen (secondary N) is 1.